The SMILES string of the molecule is COc1c(-c2ccccc2C(=O)O)cccc1[N+](=O)[O-]. The molecular weight excluding hydrogens is 262 g/mol. The van der Waals surface area contributed by atoms with Crippen LogP contribution in [0.3, 0.4) is 0 Å². The minimum Gasteiger partial charge on any atom is -0.490 e. The van der Waals surface area contributed by atoms with Gasteiger partial charge in [-0.05, 0) is 6.07 Å². The monoisotopic (exact) mass is 273 g/mol. The molecule has 6 nitrogen and oxygen atoms in total. The average molecular weight is 273 g/mol. The van der Waals surface area contributed by atoms with Crippen molar-refractivity contribution in [3.05, 3.63) is 58.1 Å². The summed E-state index contributed by atoms with van der Waals surface area (Å²) in [5, 5.41) is 20.2. The molecule has 0 aromatic heterocycles. The second-order valence-electron chi connectivity index (χ2n) is 3.97. The molecule has 0 amide bonds. The molecule has 0 spiro atoms. The van der Waals surface area contributed by atoms with Crippen molar-refractivity contribution < 1.29 is 19.6 Å². The number of nitro groups is 1. The van der Waals surface area contributed by atoms with E-state index in [1.807, 2.05) is 0 Å². The Kier molecular flexibility index (Phi) is 3.65. The fourth-order valence-corrected chi connectivity index (χ4v) is 2.00. The van der Waals surface area contributed by atoms with Crippen molar-refractivity contribution >= 4 is 11.7 Å². The Morgan fingerprint density at radius 2 is 1.80 bits per heavy atom. The number of carboxylic acids is 1. The average Bonchev–Trinajstić information content (AvgIpc) is 2.46. The predicted molar refractivity (Wildman–Crippen MR) is 72.0 cm³/mol. The first-order valence-electron chi connectivity index (χ1n) is 5.70. The molecule has 0 saturated heterocycles. The number of carbonyl (C=O) groups is 1. The number of aromatic carboxylic acids is 1. The number of methoxy groups -OCH3 is 1. The molecule has 0 aliphatic carbocycles. The topological polar surface area (TPSA) is 89.7 Å². The van der Waals surface area contributed by atoms with Gasteiger partial charge in [-0.2, -0.15) is 0 Å². The second-order valence-corrected chi connectivity index (χ2v) is 3.97. The van der Waals surface area contributed by atoms with Crippen LogP contribution in [0.4, 0.5) is 5.69 Å². The van der Waals surface area contributed by atoms with Crippen LogP contribution in [0.2, 0.25) is 0 Å². The fraction of sp³-hybridized carbons (Fsp3) is 0.0714. The van der Waals surface area contributed by atoms with E-state index in [1.54, 1.807) is 24.3 Å². The van der Waals surface area contributed by atoms with Gasteiger partial charge in [0.05, 0.1) is 17.6 Å². The third-order valence-corrected chi connectivity index (χ3v) is 2.84. The van der Waals surface area contributed by atoms with Crippen LogP contribution < -0.4 is 4.74 Å². The number of nitro benzene ring substituents is 1. The summed E-state index contributed by atoms with van der Waals surface area (Å²) in [4.78, 5) is 21.7. The molecule has 2 aromatic carbocycles. The van der Waals surface area contributed by atoms with Gasteiger partial charge in [-0.15, -0.1) is 0 Å². The van der Waals surface area contributed by atoms with Crippen molar-refractivity contribution in [2.45, 2.75) is 0 Å². The van der Waals surface area contributed by atoms with Crippen LogP contribution in [-0.4, -0.2) is 23.1 Å². The van der Waals surface area contributed by atoms with Gasteiger partial charge in [-0.25, -0.2) is 4.79 Å². The van der Waals surface area contributed by atoms with E-state index in [4.69, 9.17) is 4.74 Å². The van der Waals surface area contributed by atoms with Crippen LogP contribution in [0.1, 0.15) is 10.4 Å². The third-order valence-electron chi connectivity index (χ3n) is 2.84. The van der Waals surface area contributed by atoms with Crippen molar-refractivity contribution in [2.24, 2.45) is 0 Å². The van der Waals surface area contributed by atoms with Gasteiger partial charge in [0, 0.05) is 17.2 Å². The maximum atomic E-state index is 11.2. The lowest BCUT2D eigenvalue weighted by atomic mass is 9.98. The lowest BCUT2D eigenvalue weighted by Gasteiger charge is -2.11. The molecule has 0 radical (unpaired) electrons. The molecule has 6 heteroatoms. The molecule has 2 aromatic rings. The largest absolute Gasteiger partial charge is 0.490 e. The molecule has 20 heavy (non-hydrogen) atoms. The van der Waals surface area contributed by atoms with E-state index in [0.29, 0.717) is 11.1 Å². The van der Waals surface area contributed by atoms with Crippen LogP contribution in [0, 0.1) is 10.1 Å². The molecule has 0 unspecified atom stereocenters. The number of hydrogen-bond donors (Lipinski definition) is 1. The molecule has 1 N–H and O–H groups in total. The molecule has 0 aliphatic rings. The molecule has 0 atom stereocenters. The van der Waals surface area contributed by atoms with Gasteiger partial charge in [-0.3, -0.25) is 10.1 Å². The van der Waals surface area contributed by atoms with Gasteiger partial charge in [-0.1, -0.05) is 30.3 Å². The van der Waals surface area contributed by atoms with E-state index in [1.165, 1.54) is 25.3 Å². The Balaban J connectivity index is 2.74. The van der Waals surface area contributed by atoms with Gasteiger partial charge in [0.15, 0.2) is 0 Å². The zero-order chi connectivity index (χ0) is 14.7. The standard InChI is InChI=1S/C14H11NO5/c1-20-13-10(7-4-8-12(13)15(18)19)9-5-2-3-6-11(9)14(16)17/h2-8H,1H3,(H,16,17). The van der Waals surface area contributed by atoms with Crippen LogP contribution in [0.15, 0.2) is 42.5 Å². The van der Waals surface area contributed by atoms with Crippen molar-refractivity contribution in [3.63, 3.8) is 0 Å². The molecule has 2 rings (SSSR count). The van der Waals surface area contributed by atoms with Crippen molar-refractivity contribution in [1.82, 2.24) is 0 Å². The summed E-state index contributed by atoms with van der Waals surface area (Å²) in [7, 11) is 1.31. The van der Waals surface area contributed by atoms with Crippen LogP contribution in [-0.2, 0) is 0 Å². The lowest BCUT2D eigenvalue weighted by Crippen LogP contribution is -2.01. The molecule has 0 bridgehead atoms. The number of rotatable bonds is 4. The van der Waals surface area contributed by atoms with E-state index < -0.39 is 10.9 Å². The van der Waals surface area contributed by atoms with E-state index in [0.717, 1.165) is 0 Å². The van der Waals surface area contributed by atoms with E-state index in [2.05, 4.69) is 0 Å². The Morgan fingerprint density at radius 1 is 1.15 bits per heavy atom. The van der Waals surface area contributed by atoms with Crippen molar-refractivity contribution in [1.29, 1.82) is 0 Å². The highest BCUT2D eigenvalue weighted by Crippen LogP contribution is 2.38. The Hall–Kier alpha value is -2.89. The van der Waals surface area contributed by atoms with E-state index in [9.17, 15) is 20.0 Å². The maximum absolute atomic E-state index is 11.2. The number of para-hydroxylation sites is 1. The number of hydrogen-bond acceptors (Lipinski definition) is 4. The van der Waals surface area contributed by atoms with E-state index in [-0.39, 0.29) is 17.0 Å². The summed E-state index contributed by atoms with van der Waals surface area (Å²) in [6.07, 6.45) is 0. The summed E-state index contributed by atoms with van der Waals surface area (Å²) < 4.78 is 5.09. The Labute approximate surface area is 114 Å². The van der Waals surface area contributed by atoms with Gasteiger partial charge >= 0.3 is 11.7 Å². The highest BCUT2D eigenvalue weighted by atomic mass is 16.6. The highest BCUT2D eigenvalue weighted by molar-refractivity contribution is 5.97. The Morgan fingerprint density at radius 3 is 2.40 bits per heavy atom. The fourth-order valence-electron chi connectivity index (χ4n) is 2.00. The first-order chi connectivity index (χ1) is 9.56. The van der Waals surface area contributed by atoms with Crippen LogP contribution in [0.25, 0.3) is 11.1 Å². The summed E-state index contributed by atoms with van der Waals surface area (Å²) in [6.45, 7) is 0. The number of nitrogens with zero attached hydrogens (tertiary/aromatic N) is 1. The summed E-state index contributed by atoms with van der Waals surface area (Å²) in [6, 6.07) is 10.7. The second kappa shape index (κ2) is 5.40. The van der Waals surface area contributed by atoms with Crippen LogP contribution in [0.5, 0.6) is 5.75 Å². The maximum Gasteiger partial charge on any atom is 0.336 e. The summed E-state index contributed by atoms with van der Waals surface area (Å²) >= 11 is 0. The number of ether oxygens (including phenoxy) is 1. The molecule has 0 saturated carbocycles. The van der Waals surface area contributed by atoms with Gasteiger partial charge in [0.25, 0.3) is 0 Å². The summed E-state index contributed by atoms with van der Waals surface area (Å²) in [5.74, 6) is -1.06. The quantitative estimate of drug-likeness (QED) is 0.683. The molecule has 0 aliphatic heterocycles. The van der Waals surface area contributed by atoms with Crippen molar-refractivity contribution in [2.75, 3.05) is 7.11 Å². The molecule has 0 heterocycles. The molecule has 0 fully saturated rings. The molecular formula is C14H11NO5. The van der Waals surface area contributed by atoms with Gasteiger partial charge in [0.2, 0.25) is 5.75 Å². The van der Waals surface area contributed by atoms with Gasteiger partial charge in [0.1, 0.15) is 0 Å². The number of carboxylic acid groups (broad SMARTS) is 1. The Bertz CT molecular complexity index is 681. The minimum absolute atomic E-state index is 0.0474. The lowest BCUT2D eigenvalue weighted by molar-refractivity contribution is -0.385. The predicted octanol–water partition coefficient (Wildman–Crippen LogP) is 2.97. The third kappa shape index (κ3) is 2.31. The van der Waals surface area contributed by atoms with Crippen LogP contribution >= 0.6 is 0 Å². The summed E-state index contributed by atoms with van der Waals surface area (Å²) in [5.41, 5.74) is 0.608. The van der Waals surface area contributed by atoms with Gasteiger partial charge < -0.3 is 9.84 Å². The highest BCUT2D eigenvalue weighted by Gasteiger charge is 2.21. The van der Waals surface area contributed by atoms with E-state index >= 15 is 0 Å². The first kappa shape index (κ1) is 13.5. The van der Waals surface area contributed by atoms with Crippen molar-refractivity contribution in [3.8, 4) is 16.9 Å². The molecule has 102 valence electrons. The minimum atomic E-state index is -1.10. The normalized spacial score (nSPS) is 10.1. The number of benzene rings is 2. The first-order valence-corrected chi connectivity index (χ1v) is 5.70. The zero-order valence-corrected chi connectivity index (χ0v) is 10.6. The smallest absolute Gasteiger partial charge is 0.336 e. The zero-order valence-electron chi connectivity index (χ0n) is 10.6.